The molecule has 0 amide bonds. The molecule has 0 atom stereocenters. The normalized spacial score (nSPS) is 11.1. The lowest BCUT2D eigenvalue weighted by molar-refractivity contribution is 0.621. The molecular weight excluding hydrogens is 263 g/mol. The maximum Gasteiger partial charge on any atom is 0.181 e. The van der Waals surface area contributed by atoms with Gasteiger partial charge in [-0.25, -0.2) is 19.3 Å². The minimum Gasteiger partial charge on any atom is -0.383 e. The number of fused-ring (bicyclic) bond motifs is 1. The Morgan fingerprint density at radius 3 is 2.84 bits per heavy atom. The number of aromatic nitrogens is 3. The molecule has 0 aliphatic rings. The number of nitrogens with two attached hydrogens (primary N) is 1. The summed E-state index contributed by atoms with van der Waals surface area (Å²) in [6.45, 7) is 2.08. The number of hydrogen-bond donors (Lipinski definition) is 1. The highest BCUT2D eigenvalue weighted by Crippen LogP contribution is 2.29. The number of pyridine rings is 1. The maximum absolute atomic E-state index is 12.9. The van der Waals surface area contributed by atoms with Gasteiger partial charge in [0.25, 0.3) is 0 Å². The van der Waals surface area contributed by atoms with E-state index in [9.17, 15) is 4.39 Å². The number of thiophene rings is 1. The van der Waals surface area contributed by atoms with Crippen LogP contribution >= 0.6 is 11.3 Å². The molecule has 96 valence electrons. The van der Waals surface area contributed by atoms with Gasteiger partial charge >= 0.3 is 0 Å². The number of halogens is 1. The van der Waals surface area contributed by atoms with E-state index in [0.29, 0.717) is 17.3 Å². The first-order chi connectivity index (χ1) is 9.17. The van der Waals surface area contributed by atoms with Crippen molar-refractivity contribution in [1.82, 2.24) is 15.0 Å². The van der Waals surface area contributed by atoms with Crippen molar-refractivity contribution < 1.29 is 4.39 Å². The van der Waals surface area contributed by atoms with E-state index in [1.807, 2.05) is 6.07 Å². The van der Waals surface area contributed by atoms with Crippen molar-refractivity contribution in [1.29, 1.82) is 0 Å². The Balaban J connectivity index is 2.17. The molecule has 0 saturated carbocycles. The molecule has 0 bridgehead atoms. The molecule has 19 heavy (non-hydrogen) atoms. The monoisotopic (exact) mass is 274 g/mol. The Morgan fingerprint density at radius 2 is 2.16 bits per heavy atom. The molecule has 3 aromatic heterocycles. The Bertz CT molecular complexity index is 736. The molecule has 0 saturated heterocycles. The molecule has 3 heterocycles. The third-order valence-corrected chi connectivity index (χ3v) is 3.95. The average Bonchev–Trinajstić information content (AvgIpc) is 2.83. The lowest BCUT2D eigenvalue weighted by Gasteiger charge is -2.01. The minimum atomic E-state index is -0.387. The first-order valence-electron chi connectivity index (χ1n) is 5.85. The second-order valence-corrected chi connectivity index (χ2v) is 5.19. The van der Waals surface area contributed by atoms with Gasteiger partial charge < -0.3 is 5.73 Å². The van der Waals surface area contributed by atoms with Crippen LogP contribution in [0.4, 0.5) is 10.2 Å². The Morgan fingerprint density at radius 1 is 1.32 bits per heavy atom. The van der Waals surface area contributed by atoms with Crippen LogP contribution in [-0.4, -0.2) is 15.0 Å². The van der Waals surface area contributed by atoms with Crippen molar-refractivity contribution in [3.05, 3.63) is 35.1 Å². The van der Waals surface area contributed by atoms with Gasteiger partial charge in [0.1, 0.15) is 22.2 Å². The van der Waals surface area contributed by atoms with Gasteiger partial charge in [0.15, 0.2) is 5.82 Å². The number of nitrogens with zero attached hydrogens (tertiary/aromatic N) is 3. The van der Waals surface area contributed by atoms with Crippen LogP contribution in [0, 0.1) is 5.82 Å². The third kappa shape index (κ3) is 2.15. The first-order valence-corrected chi connectivity index (χ1v) is 6.67. The van der Waals surface area contributed by atoms with E-state index in [4.69, 9.17) is 5.73 Å². The van der Waals surface area contributed by atoms with Gasteiger partial charge in [0.2, 0.25) is 0 Å². The molecule has 6 heteroatoms. The molecule has 0 spiro atoms. The fourth-order valence-electron chi connectivity index (χ4n) is 1.79. The molecule has 0 fully saturated rings. The van der Waals surface area contributed by atoms with Crippen molar-refractivity contribution in [2.24, 2.45) is 0 Å². The number of hydrogen-bond acceptors (Lipinski definition) is 5. The van der Waals surface area contributed by atoms with Crippen LogP contribution in [0.15, 0.2) is 24.4 Å². The fourth-order valence-corrected chi connectivity index (χ4v) is 2.77. The number of nitrogen functional groups attached to an aromatic ring is 1. The van der Waals surface area contributed by atoms with Gasteiger partial charge in [-0.3, -0.25) is 0 Å². The Hall–Kier alpha value is -2.08. The molecule has 0 radical (unpaired) electrons. The summed E-state index contributed by atoms with van der Waals surface area (Å²) in [5.41, 5.74) is 6.46. The van der Waals surface area contributed by atoms with Crippen LogP contribution < -0.4 is 5.73 Å². The van der Waals surface area contributed by atoms with Crippen molar-refractivity contribution >= 4 is 27.4 Å². The van der Waals surface area contributed by atoms with E-state index in [0.717, 1.165) is 22.8 Å². The lowest BCUT2D eigenvalue weighted by atomic mass is 10.3. The molecule has 0 aliphatic carbocycles. The summed E-state index contributed by atoms with van der Waals surface area (Å²) < 4.78 is 12.9. The first kappa shape index (κ1) is 12.0. The highest BCUT2D eigenvalue weighted by molar-refractivity contribution is 7.18. The van der Waals surface area contributed by atoms with Crippen LogP contribution in [0.3, 0.4) is 0 Å². The van der Waals surface area contributed by atoms with E-state index in [1.165, 1.54) is 10.9 Å². The Kier molecular flexibility index (Phi) is 2.87. The van der Waals surface area contributed by atoms with E-state index < -0.39 is 0 Å². The topological polar surface area (TPSA) is 64.7 Å². The summed E-state index contributed by atoms with van der Waals surface area (Å²) >= 11 is 1.59. The molecule has 0 aliphatic heterocycles. The molecule has 0 aromatic carbocycles. The zero-order valence-electron chi connectivity index (χ0n) is 10.2. The van der Waals surface area contributed by atoms with Crippen molar-refractivity contribution in [2.45, 2.75) is 13.3 Å². The molecule has 0 unspecified atom stereocenters. The summed E-state index contributed by atoms with van der Waals surface area (Å²) in [6, 6.07) is 4.89. The predicted molar refractivity (Wildman–Crippen MR) is 74.4 cm³/mol. The van der Waals surface area contributed by atoms with Crippen LogP contribution in [0.5, 0.6) is 0 Å². The SMILES string of the molecule is CCc1cc2c(N)nc(-c3ccc(F)cn3)nc2s1. The summed E-state index contributed by atoms with van der Waals surface area (Å²) in [5.74, 6) is 0.471. The average molecular weight is 274 g/mol. The highest BCUT2D eigenvalue weighted by Gasteiger charge is 2.11. The second-order valence-electron chi connectivity index (χ2n) is 4.08. The minimum absolute atomic E-state index is 0.387. The van der Waals surface area contributed by atoms with Crippen LogP contribution in [0.1, 0.15) is 11.8 Å². The van der Waals surface area contributed by atoms with E-state index in [2.05, 4.69) is 21.9 Å². The number of anilines is 1. The summed E-state index contributed by atoms with van der Waals surface area (Å²) in [7, 11) is 0. The highest BCUT2D eigenvalue weighted by atomic mass is 32.1. The smallest absolute Gasteiger partial charge is 0.181 e. The van der Waals surface area contributed by atoms with Gasteiger partial charge in [-0.2, -0.15) is 0 Å². The van der Waals surface area contributed by atoms with Crippen LogP contribution in [0.25, 0.3) is 21.7 Å². The second kappa shape index (κ2) is 4.55. The lowest BCUT2D eigenvalue weighted by Crippen LogP contribution is -1.97. The van der Waals surface area contributed by atoms with E-state index in [-0.39, 0.29) is 5.82 Å². The predicted octanol–water partition coefficient (Wildman–Crippen LogP) is 3.04. The molecule has 2 N–H and O–H groups in total. The van der Waals surface area contributed by atoms with Gasteiger partial charge in [-0.05, 0) is 24.6 Å². The quantitative estimate of drug-likeness (QED) is 0.780. The number of aryl methyl sites for hydroxylation is 1. The fraction of sp³-hybridized carbons (Fsp3) is 0.154. The summed E-state index contributed by atoms with van der Waals surface area (Å²) in [5, 5.41) is 0.868. The summed E-state index contributed by atoms with van der Waals surface area (Å²) in [4.78, 5) is 14.7. The standard InChI is InChI=1S/C13H11FN4S/c1-2-8-5-9-11(15)17-12(18-13(9)19-8)10-4-3-7(14)6-16-10/h3-6H,2H2,1H3,(H2,15,17,18). The van der Waals surface area contributed by atoms with Crippen molar-refractivity contribution in [3.8, 4) is 11.5 Å². The van der Waals surface area contributed by atoms with Crippen LogP contribution in [0.2, 0.25) is 0 Å². The van der Waals surface area contributed by atoms with E-state index in [1.54, 1.807) is 17.4 Å². The van der Waals surface area contributed by atoms with Crippen LogP contribution in [-0.2, 0) is 6.42 Å². The van der Waals surface area contributed by atoms with E-state index >= 15 is 0 Å². The third-order valence-electron chi connectivity index (χ3n) is 2.78. The van der Waals surface area contributed by atoms with Gasteiger partial charge in [0, 0.05) is 4.88 Å². The van der Waals surface area contributed by atoms with Gasteiger partial charge in [0.05, 0.1) is 11.6 Å². The molecule has 3 rings (SSSR count). The largest absolute Gasteiger partial charge is 0.383 e. The zero-order valence-corrected chi connectivity index (χ0v) is 11.0. The molecule has 3 aromatic rings. The number of rotatable bonds is 2. The maximum atomic E-state index is 12.9. The molecule has 4 nitrogen and oxygen atoms in total. The zero-order chi connectivity index (χ0) is 13.4. The van der Waals surface area contributed by atoms with Gasteiger partial charge in [-0.15, -0.1) is 11.3 Å². The van der Waals surface area contributed by atoms with Crippen molar-refractivity contribution in [2.75, 3.05) is 5.73 Å². The van der Waals surface area contributed by atoms with Crippen molar-refractivity contribution in [3.63, 3.8) is 0 Å². The Labute approximate surface area is 113 Å². The summed E-state index contributed by atoms with van der Waals surface area (Å²) in [6.07, 6.45) is 2.08. The van der Waals surface area contributed by atoms with Gasteiger partial charge in [-0.1, -0.05) is 6.92 Å². The molecular formula is C13H11FN4S.